The van der Waals surface area contributed by atoms with E-state index in [4.69, 9.17) is 16.3 Å². The van der Waals surface area contributed by atoms with Gasteiger partial charge in [-0.15, -0.1) is 16.8 Å². The van der Waals surface area contributed by atoms with Gasteiger partial charge < -0.3 is 19.9 Å². The molecule has 10 heteroatoms. The molecular formula is C23H24ClN5O3S. The lowest BCUT2D eigenvalue weighted by molar-refractivity contribution is -0.113. The summed E-state index contributed by atoms with van der Waals surface area (Å²) >= 11 is 7.25. The van der Waals surface area contributed by atoms with E-state index in [2.05, 4.69) is 27.4 Å². The third kappa shape index (κ3) is 6.36. The number of ether oxygens (including phenoxy) is 1. The maximum absolute atomic E-state index is 12.5. The lowest BCUT2D eigenvalue weighted by Gasteiger charge is -2.15. The lowest BCUT2D eigenvalue weighted by Crippen LogP contribution is -2.28. The number of anilines is 1. The highest BCUT2D eigenvalue weighted by atomic mass is 35.5. The molecule has 33 heavy (non-hydrogen) atoms. The number of carbonyl (C=O) groups excluding carboxylic acids is 2. The number of methoxy groups -OCH3 is 1. The van der Waals surface area contributed by atoms with Crippen LogP contribution in [0.4, 0.5) is 5.69 Å². The molecule has 3 aromatic rings. The molecule has 1 atom stereocenters. The van der Waals surface area contributed by atoms with E-state index >= 15 is 0 Å². The van der Waals surface area contributed by atoms with E-state index in [0.717, 1.165) is 0 Å². The van der Waals surface area contributed by atoms with Gasteiger partial charge in [0, 0.05) is 17.1 Å². The summed E-state index contributed by atoms with van der Waals surface area (Å²) in [6, 6.07) is 13.5. The van der Waals surface area contributed by atoms with Crippen LogP contribution in [0.15, 0.2) is 66.3 Å². The van der Waals surface area contributed by atoms with Gasteiger partial charge in [0.2, 0.25) is 5.91 Å². The fraction of sp³-hybridized carbons (Fsp3) is 0.217. The zero-order valence-corrected chi connectivity index (χ0v) is 19.8. The van der Waals surface area contributed by atoms with Crippen LogP contribution in [0.3, 0.4) is 0 Å². The summed E-state index contributed by atoms with van der Waals surface area (Å²) in [5.41, 5.74) is 1.04. The zero-order valence-electron chi connectivity index (χ0n) is 18.2. The average molecular weight is 486 g/mol. The summed E-state index contributed by atoms with van der Waals surface area (Å²) in [6.45, 7) is 6.05. The quantitative estimate of drug-likeness (QED) is 0.327. The van der Waals surface area contributed by atoms with Crippen molar-refractivity contribution in [2.24, 2.45) is 0 Å². The Balaban J connectivity index is 1.68. The number of nitrogens with zero attached hydrogens (tertiary/aromatic N) is 3. The number of amides is 2. The summed E-state index contributed by atoms with van der Waals surface area (Å²) in [5, 5.41) is 15.2. The van der Waals surface area contributed by atoms with Gasteiger partial charge in [-0.2, -0.15) is 0 Å². The molecule has 0 aliphatic heterocycles. The number of carbonyl (C=O) groups is 2. The van der Waals surface area contributed by atoms with Crippen molar-refractivity contribution in [3.8, 4) is 5.75 Å². The van der Waals surface area contributed by atoms with E-state index in [-0.39, 0.29) is 17.6 Å². The second-order valence-electron chi connectivity index (χ2n) is 6.98. The fourth-order valence-corrected chi connectivity index (χ4v) is 3.98. The van der Waals surface area contributed by atoms with Crippen LogP contribution < -0.4 is 15.4 Å². The normalized spacial score (nSPS) is 11.5. The third-order valence-electron chi connectivity index (χ3n) is 4.60. The molecule has 2 amide bonds. The van der Waals surface area contributed by atoms with Crippen molar-refractivity contribution in [3.63, 3.8) is 0 Å². The summed E-state index contributed by atoms with van der Waals surface area (Å²) in [4.78, 5) is 25.0. The Morgan fingerprint density at radius 3 is 2.70 bits per heavy atom. The molecule has 0 aliphatic rings. The van der Waals surface area contributed by atoms with Crippen molar-refractivity contribution in [3.05, 3.63) is 77.6 Å². The Morgan fingerprint density at radius 2 is 2.00 bits per heavy atom. The van der Waals surface area contributed by atoms with Gasteiger partial charge in [0.1, 0.15) is 5.75 Å². The van der Waals surface area contributed by atoms with Crippen LogP contribution in [-0.4, -0.2) is 39.4 Å². The van der Waals surface area contributed by atoms with Gasteiger partial charge in [-0.05, 0) is 37.3 Å². The van der Waals surface area contributed by atoms with E-state index < -0.39 is 6.04 Å². The lowest BCUT2D eigenvalue weighted by atomic mass is 10.2. The number of nitrogens with one attached hydrogen (secondary N) is 2. The number of hydrogen-bond donors (Lipinski definition) is 2. The molecule has 0 radical (unpaired) electrons. The molecule has 0 bridgehead atoms. The standard InChI is InChI=1S/C23H24ClN5O3S/c1-4-12-29-21(15(2)25-22(31)16-8-6-5-7-9-16)27-28-23(29)33-14-20(30)26-18-13-17(24)10-11-19(18)32-3/h4-11,13,15H,1,12,14H2,2-3H3,(H,25,31)(H,26,30)/t15-/m0/s1. The zero-order chi connectivity index (χ0) is 23.8. The third-order valence-corrected chi connectivity index (χ3v) is 5.80. The van der Waals surface area contributed by atoms with Gasteiger partial charge in [-0.1, -0.05) is 47.6 Å². The largest absolute Gasteiger partial charge is 0.495 e. The first-order valence-corrected chi connectivity index (χ1v) is 11.5. The van der Waals surface area contributed by atoms with Gasteiger partial charge in [0.25, 0.3) is 5.91 Å². The van der Waals surface area contributed by atoms with Crippen LogP contribution in [0.2, 0.25) is 5.02 Å². The van der Waals surface area contributed by atoms with Crippen LogP contribution in [-0.2, 0) is 11.3 Å². The van der Waals surface area contributed by atoms with Crippen LogP contribution in [0.25, 0.3) is 0 Å². The maximum Gasteiger partial charge on any atom is 0.251 e. The molecule has 0 unspecified atom stereocenters. The molecule has 1 aromatic heterocycles. The molecule has 0 fully saturated rings. The average Bonchev–Trinajstić information content (AvgIpc) is 3.21. The first kappa shape index (κ1) is 24.3. The second-order valence-corrected chi connectivity index (χ2v) is 8.36. The molecule has 0 saturated carbocycles. The molecule has 1 heterocycles. The minimum absolute atomic E-state index is 0.0930. The number of halogens is 1. The van der Waals surface area contributed by atoms with Crippen LogP contribution in [0, 0.1) is 0 Å². The molecule has 0 spiro atoms. The van der Waals surface area contributed by atoms with Gasteiger partial charge in [0.05, 0.1) is 24.6 Å². The smallest absolute Gasteiger partial charge is 0.251 e. The van der Waals surface area contributed by atoms with Crippen molar-refractivity contribution in [1.29, 1.82) is 0 Å². The van der Waals surface area contributed by atoms with E-state index in [0.29, 0.717) is 39.5 Å². The highest BCUT2D eigenvalue weighted by Gasteiger charge is 2.20. The number of allylic oxidation sites excluding steroid dienone is 1. The summed E-state index contributed by atoms with van der Waals surface area (Å²) < 4.78 is 7.08. The Hall–Kier alpha value is -3.30. The van der Waals surface area contributed by atoms with Gasteiger partial charge in [-0.3, -0.25) is 9.59 Å². The van der Waals surface area contributed by atoms with Crippen molar-refractivity contribution in [2.75, 3.05) is 18.2 Å². The minimum atomic E-state index is -0.399. The Kier molecular flexibility index (Phi) is 8.51. The van der Waals surface area contributed by atoms with Crippen LogP contribution in [0.1, 0.15) is 29.1 Å². The van der Waals surface area contributed by atoms with Gasteiger partial charge in [0.15, 0.2) is 11.0 Å². The van der Waals surface area contributed by atoms with Crippen molar-refractivity contribution < 1.29 is 14.3 Å². The molecule has 8 nitrogen and oxygen atoms in total. The monoisotopic (exact) mass is 485 g/mol. The summed E-state index contributed by atoms with van der Waals surface area (Å²) in [7, 11) is 1.52. The van der Waals surface area contributed by atoms with Gasteiger partial charge >= 0.3 is 0 Å². The first-order chi connectivity index (χ1) is 15.9. The number of rotatable bonds is 10. The topological polar surface area (TPSA) is 98.1 Å². The molecular weight excluding hydrogens is 462 g/mol. The van der Waals surface area contributed by atoms with E-state index in [1.165, 1.54) is 18.9 Å². The number of benzene rings is 2. The number of thioether (sulfide) groups is 1. The van der Waals surface area contributed by atoms with E-state index in [1.807, 2.05) is 17.6 Å². The molecule has 2 N–H and O–H groups in total. The molecule has 0 saturated heterocycles. The Labute approximate surface area is 201 Å². The summed E-state index contributed by atoms with van der Waals surface area (Å²) in [5.74, 6) is 0.716. The maximum atomic E-state index is 12.5. The minimum Gasteiger partial charge on any atom is -0.495 e. The number of aromatic nitrogens is 3. The van der Waals surface area contributed by atoms with Crippen molar-refractivity contribution in [2.45, 2.75) is 24.7 Å². The van der Waals surface area contributed by atoms with Crippen LogP contribution in [0.5, 0.6) is 5.75 Å². The Morgan fingerprint density at radius 1 is 1.24 bits per heavy atom. The summed E-state index contributed by atoms with van der Waals surface area (Å²) in [6.07, 6.45) is 1.71. The van der Waals surface area contributed by atoms with Crippen LogP contribution >= 0.6 is 23.4 Å². The highest BCUT2D eigenvalue weighted by molar-refractivity contribution is 7.99. The fourth-order valence-electron chi connectivity index (χ4n) is 3.06. The van der Waals surface area contributed by atoms with Crippen molar-refractivity contribution in [1.82, 2.24) is 20.1 Å². The second kappa shape index (κ2) is 11.5. The first-order valence-electron chi connectivity index (χ1n) is 10.1. The van der Waals surface area contributed by atoms with E-state index in [9.17, 15) is 9.59 Å². The van der Waals surface area contributed by atoms with Gasteiger partial charge in [-0.25, -0.2) is 0 Å². The van der Waals surface area contributed by atoms with Crippen molar-refractivity contribution >= 4 is 40.9 Å². The molecule has 3 rings (SSSR count). The predicted molar refractivity (Wildman–Crippen MR) is 130 cm³/mol. The SMILES string of the molecule is C=CCn1c(SCC(=O)Nc2cc(Cl)ccc2OC)nnc1[C@H](C)NC(=O)c1ccccc1. The molecule has 0 aliphatic carbocycles. The Bertz CT molecular complexity index is 1140. The molecule has 2 aromatic carbocycles. The van der Waals surface area contributed by atoms with E-state index in [1.54, 1.807) is 48.5 Å². The highest BCUT2D eigenvalue weighted by Crippen LogP contribution is 2.28. The predicted octanol–water partition coefficient (Wildman–Crippen LogP) is 4.35. The number of hydrogen-bond acceptors (Lipinski definition) is 6. The molecule has 172 valence electrons.